The van der Waals surface area contributed by atoms with Crippen LogP contribution in [0.15, 0.2) is 24.3 Å². The normalized spacial score (nSPS) is 10.8. The molecule has 0 fully saturated rings. The van der Waals surface area contributed by atoms with Crippen molar-refractivity contribution >= 4 is 5.91 Å². The molecule has 5 heteroatoms. The third-order valence-corrected chi connectivity index (χ3v) is 4.11. The zero-order valence-corrected chi connectivity index (χ0v) is 14.2. The molecule has 23 heavy (non-hydrogen) atoms. The van der Waals surface area contributed by atoms with E-state index < -0.39 is 0 Å². The number of amides is 1. The van der Waals surface area contributed by atoms with Crippen molar-refractivity contribution in [3.63, 3.8) is 0 Å². The topological polar surface area (TPSA) is 72.9 Å². The molecule has 0 saturated carbocycles. The lowest BCUT2D eigenvalue weighted by atomic mass is 10.1. The number of carbonyl (C=O) groups is 1. The van der Waals surface area contributed by atoms with Gasteiger partial charge >= 0.3 is 0 Å². The molecule has 124 valence electrons. The van der Waals surface area contributed by atoms with E-state index in [2.05, 4.69) is 24.3 Å². The lowest BCUT2D eigenvalue weighted by molar-refractivity contribution is -0.120. The summed E-state index contributed by atoms with van der Waals surface area (Å²) in [5.41, 5.74) is 11.0. The van der Waals surface area contributed by atoms with Crippen molar-refractivity contribution in [2.24, 2.45) is 12.8 Å². The molecular weight excluding hydrogens is 288 g/mol. The predicted octanol–water partition coefficient (Wildman–Crippen LogP) is 1.86. The Hall–Kier alpha value is -2.14. The highest BCUT2D eigenvalue weighted by Gasteiger charge is 2.16. The lowest BCUT2D eigenvalue weighted by Crippen LogP contribution is -2.25. The number of aryl methyl sites for hydroxylation is 2. The molecule has 0 aliphatic rings. The van der Waals surface area contributed by atoms with Gasteiger partial charge in [-0.3, -0.25) is 9.48 Å². The van der Waals surface area contributed by atoms with Gasteiger partial charge in [0.05, 0.1) is 12.1 Å². The molecule has 2 aromatic rings. The number of carbonyl (C=O) groups excluding carboxylic acids is 1. The average Bonchev–Trinajstić information content (AvgIpc) is 2.88. The highest BCUT2D eigenvalue weighted by atomic mass is 16.1. The Morgan fingerprint density at radius 1 is 1.17 bits per heavy atom. The fourth-order valence-electron chi connectivity index (χ4n) is 2.81. The number of nitrogens with one attached hydrogen (secondary N) is 1. The van der Waals surface area contributed by atoms with Crippen molar-refractivity contribution < 1.29 is 4.79 Å². The van der Waals surface area contributed by atoms with Gasteiger partial charge in [0.2, 0.25) is 5.91 Å². The van der Waals surface area contributed by atoms with E-state index in [1.54, 1.807) is 0 Å². The molecule has 0 radical (unpaired) electrons. The van der Waals surface area contributed by atoms with E-state index in [-0.39, 0.29) is 5.91 Å². The molecule has 5 nitrogen and oxygen atoms in total. The highest BCUT2D eigenvalue weighted by molar-refractivity contribution is 5.79. The van der Waals surface area contributed by atoms with Gasteiger partial charge in [-0.15, -0.1) is 0 Å². The number of hydrogen-bond acceptors (Lipinski definition) is 3. The number of nitrogens with zero attached hydrogens (tertiary/aromatic N) is 2. The first-order valence-electron chi connectivity index (χ1n) is 8.17. The van der Waals surface area contributed by atoms with Crippen LogP contribution in [0.4, 0.5) is 0 Å². The summed E-state index contributed by atoms with van der Waals surface area (Å²) in [6, 6.07) is 7.99. The van der Waals surface area contributed by atoms with Crippen LogP contribution >= 0.6 is 0 Å². The van der Waals surface area contributed by atoms with E-state index in [1.807, 2.05) is 36.0 Å². The van der Waals surface area contributed by atoms with Crippen LogP contribution in [0.5, 0.6) is 0 Å². The number of rotatable bonds is 7. The highest BCUT2D eigenvalue weighted by Crippen LogP contribution is 2.16. The van der Waals surface area contributed by atoms with E-state index in [9.17, 15) is 4.79 Å². The van der Waals surface area contributed by atoms with Gasteiger partial charge in [0.15, 0.2) is 0 Å². The van der Waals surface area contributed by atoms with Gasteiger partial charge in [-0.25, -0.2) is 0 Å². The molecule has 0 spiro atoms. The second-order valence-corrected chi connectivity index (χ2v) is 5.68. The van der Waals surface area contributed by atoms with Crippen LogP contribution in [-0.2, 0) is 44.2 Å². The van der Waals surface area contributed by atoms with Crippen molar-refractivity contribution in [2.45, 2.75) is 46.2 Å². The quantitative estimate of drug-likeness (QED) is 0.819. The smallest absolute Gasteiger partial charge is 0.224 e. The van der Waals surface area contributed by atoms with Crippen LogP contribution in [0, 0.1) is 0 Å². The lowest BCUT2D eigenvalue weighted by Gasteiger charge is -2.08. The molecule has 1 aromatic heterocycles. The first-order valence-corrected chi connectivity index (χ1v) is 8.17. The second-order valence-electron chi connectivity index (χ2n) is 5.68. The minimum Gasteiger partial charge on any atom is -0.352 e. The molecular formula is C18H26N4O. The van der Waals surface area contributed by atoms with Crippen LogP contribution in [0.3, 0.4) is 0 Å². The number of hydrogen-bond donors (Lipinski definition) is 2. The first-order chi connectivity index (χ1) is 11.1. The van der Waals surface area contributed by atoms with Crippen molar-refractivity contribution in [1.29, 1.82) is 0 Å². The van der Waals surface area contributed by atoms with Crippen LogP contribution in [0.1, 0.15) is 41.9 Å². The van der Waals surface area contributed by atoms with E-state index in [0.29, 0.717) is 19.5 Å². The molecule has 0 aliphatic carbocycles. The molecule has 1 amide bonds. The van der Waals surface area contributed by atoms with E-state index in [4.69, 9.17) is 5.73 Å². The van der Waals surface area contributed by atoms with Crippen molar-refractivity contribution in [1.82, 2.24) is 15.1 Å². The van der Waals surface area contributed by atoms with Gasteiger partial charge < -0.3 is 11.1 Å². The van der Waals surface area contributed by atoms with Gasteiger partial charge in [-0.2, -0.15) is 5.10 Å². The summed E-state index contributed by atoms with van der Waals surface area (Å²) in [5.74, 6) is 0.0327. The van der Waals surface area contributed by atoms with Crippen LogP contribution in [0.2, 0.25) is 0 Å². The largest absolute Gasteiger partial charge is 0.352 e. The molecule has 2 rings (SSSR count). The Morgan fingerprint density at radius 3 is 2.39 bits per heavy atom. The van der Waals surface area contributed by atoms with Crippen LogP contribution < -0.4 is 11.1 Å². The van der Waals surface area contributed by atoms with E-state index in [1.165, 1.54) is 0 Å². The fraction of sp³-hybridized carbons (Fsp3) is 0.444. The third kappa shape index (κ3) is 4.20. The summed E-state index contributed by atoms with van der Waals surface area (Å²) in [6.07, 6.45) is 2.12. The predicted molar refractivity (Wildman–Crippen MR) is 91.8 cm³/mol. The van der Waals surface area contributed by atoms with E-state index >= 15 is 0 Å². The Balaban J connectivity index is 1.99. The summed E-state index contributed by atoms with van der Waals surface area (Å²) in [4.78, 5) is 12.3. The van der Waals surface area contributed by atoms with Gasteiger partial charge in [0.25, 0.3) is 0 Å². The van der Waals surface area contributed by atoms with Gasteiger partial charge in [-0.1, -0.05) is 38.1 Å². The van der Waals surface area contributed by atoms with Crippen LogP contribution in [0.25, 0.3) is 0 Å². The maximum absolute atomic E-state index is 12.3. The second kappa shape index (κ2) is 7.92. The zero-order valence-electron chi connectivity index (χ0n) is 14.2. The summed E-state index contributed by atoms with van der Waals surface area (Å²) in [5, 5.41) is 7.50. The average molecular weight is 314 g/mol. The van der Waals surface area contributed by atoms with E-state index in [0.717, 1.165) is 40.9 Å². The molecule has 3 N–H and O–H groups in total. The van der Waals surface area contributed by atoms with Crippen molar-refractivity contribution in [3.8, 4) is 0 Å². The van der Waals surface area contributed by atoms with Gasteiger partial charge in [-0.05, 0) is 24.0 Å². The monoisotopic (exact) mass is 314 g/mol. The Kier molecular flexibility index (Phi) is 5.93. The molecule has 0 atom stereocenters. The van der Waals surface area contributed by atoms with Gasteiger partial charge in [0, 0.05) is 31.4 Å². The van der Waals surface area contributed by atoms with Gasteiger partial charge in [0.1, 0.15) is 0 Å². The number of benzene rings is 1. The maximum atomic E-state index is 12.3. The number of aromatic nitrogens is 2. The minimum absolute atomic E-state index is 0.0327. The molecule has 0 saturated heterocycles. The Bertz CT molecular complexity index is 658. The third-order valence-electron chi connectivity index (χ3n) is 4.11. The van der Waals surface area contributed by atoms with Crippen molar-refractivity contribution in [2.75, 3.05) is 0 Å². The molecule has 1 aromatic carbocycles. The summed E-state index contributed by atoms with van der Waals surface area (Å²) in [7, 11) is 1.94. The number of nitrogens with two attached hydrogens (primary N) is 1. The maximum Gasteiger partial charge on any atom is 0.224 e. The summed E-state index contributed by atoms with van der Waals surface area (Å²) < 4.78 is 1.90. The molecule has 0 unspecified atom stereocenters. The minimum atomic E-state index is 0.0327. The molecule has 1 heterocycles. The Morgan fingerprint density at radius 2 is 1.83 bits per heavy atom. The standard InChI is InChI=1S/C18H26N4O/c1-4-16-15(17(5-2)22(3)21-16)10-18(23)20-12-14-8-6-13(11-19)7-9-14/h6-9H,4-5,10-12,19H2,1-3H3,(H,20,23). The zero-order chi connectivity index (χ0) is 16.8. The first kappa shape index (κ1) is 17.2. The Labute approximate surface area is 137 Å². The molecule has 0 aliphatic heterocycles. The summed E-state index contributed by atoms with van der Waals surface area (Å²) >= 11 is 0. The van der Waals surface area contributed by atoms with Crippen molar-refractivity contribution in [3.05, 3.63) is 52.3 Å². The van der Waals surface area contributed by atoms with Crippen LogP contribution in [-0.4, -0.2) is 15.7 Å². The SMILES string of the molecule is CCc1nn(C)c(CC)c1CC(=O)NCc1ccc(CN)cc1. The molecule has 0 bridgehead atoms. The fourth-order valence-corrected chi connectivity index (χ4v) is 2.81. The summed E-state index contributed by atoms with van der Waals surface area (Å²) in [6.45, 7) is 5.24.